The van der Waals surface area contributed by atoms with Crippen LogP contribution in [0, 0.1) is 0 Å². The molecule has 0 fully saturated rings. The topological polar surface area (TPSA) is 97.5 Å². The van der Waals surface area contributed by atoms with E-state index in [1.165, 1.54) is 16.2 Å². The minimum Gasteiger partial charge on any atom is -0.383 e. The van der Waals surface area contributed by atoms with Crippen molar-refractivity contribution in [1.82, 2.24) is 9.88 Å². The zero-order valence-electron chi connectivity index (χ0n) is 14.0. The zero-order valence-corrected chi connectivity index (χ0v) is 16.3. The molecule has 0 bridgehead atoms. The van der Waals surface area contributed by atoms with E-state index in [0.29, 0.717) is 34.0 Å². The molecular formula is C16H18Cl2N4O3S. The average molecular weight is 417 g/mol. The highest BCUT2D eigenvalue weighted by Gasteiger charge is 2.19. The second kappa shape index (κ2) is 9.72. The van der Waals surface area contributed by atoms with E-state index in [2.05, 4.69) is 10.3 Å². The third-order valence-electron chi connectivity index (χ3n) is 3.37. The van der Waals surface area contributed by atoms with Crippen molar-refractivity contribution in [3.05, 3.63) is 39.3 Å². The highest BCUT2D eigenvalue weighted by Crippen LogP contribution is 2.28. The molecule has 2 amide bonds. The highest BCUT2D eigenvalue weighted by atomic mass is 35.5. The van der Waals surface area contributed by atoms with E-state index in [9.17, 15) is 9.59 Å². The number of carbonyl (C=O) groups excluding carboxylic acids is 2. The number of halogens is 2. The van der Waals surface area contributed by atoms with Crippen LogP contribution < -0.4 is 11.1 Å². The van der Waals surface area contributed by atoms with Gasteiger partial charge in [-0.15, -0.1) is 11.3 Å². The van der Waals surface area contributed by atoms with Gasteiger partial charge in [0.1, 0.15) is 5.69 Å². The molecule has 26 heavy (non-hydrogen) atoms. The summed E-state index contributed by atoms with van der Waals surface area (Å²) >= 11 is 13.2. The van der Waals surface area contributed by atoms with E-state index >= 15 is 0 Å². The van der Waals surface area contributed by atoms with Gasteiger partial charge in [-0.25, -0.2) is 4.98 Å². The maximum Gasteiger partial charge on any atom is 0.273 e. The quantitative estimate of drug-likeness (QED) is 0.653. The first-order chi connectivity index (χ1) is 12.4. The Kier molecular flexibility index (Phi) is 7.65. The number of rotatable bonds is 9. The van der Waals surface area contributed by atoms with E-state index in [1.807, 2.05) is 0 Å². The van der Waals surface area contributed by atoms with Crippen LogP contribution in [-0.2, 0) is 9.53 Å². The van der Waals surface area contributed by atoms with Crippen LogP contribution in [0.3, 0.4) is 0 Å². The minimum absolute atomic E-state index is 0.0774. The summed E-state index contributed by atoms with van der Waals surface area (Å²) in [6.45, 7) is 0.906. The number of hydrogen-bond donors (Lipinski definition) is 2. The molecule has 3 N–H and O–H groups in total. The van der Waals surface area contributed by atoms with Gasteiger partial charge < -0.3 is 20.7 Å². The number of hydrogen-bond acceptors (Lipinski definition) is 6. The lowest BCUT2D eigenvalue weighted by Crippen LogP contribution is -2.36. The Morgan fingerprint density at radius 2 is 2.08 bits per heavy atom. The van der Waals surface area contributed by atoms with E-state index < -0.39 is 5.91 Å². The third kappa shape index (κ3) is 5.84. The summed E-state index contributed by atoms with van der Waals surface area (Å²) in [5, 5.41) is 6.13. The number of anilines is 2. The number of nitrogens with one attached hydrogen (secondary N) is 1. The monoisotopic (exact) mass is 416 g/mol. The standard InChI is InChI=1S/C16H18Cl2N4O3S/c1-25-7-6-22(5-4-14(19)23)15(24)13-9-26-16(21-13)20-10-2-3-11(17)12(18)8-10/h2-3,8-9H,4-7H2,1H3,(H2,19,23)(H,20,21). The molecule has 0 aliphatic carbocycles. The fourth-order valence-corrected chi connectivity index (χ4v) is 3.05. The number of nitrogens with two attached hydrogens (primary N) is 1. The first kappa shape index (κ1) is 20.4. The molecule has 140 valence electrons. The van der Waals surface area contributed by atoms with Gasteiger partial charge in [0.15, 0.2) is 5.13 Å². The third-order valence-corrected chi connectivity index (χ3v) is 4.87. The normalized spacial score (nSPS) is 10.6. The summed E-state index contributed by atoms with van der Waals surface area (Å²) in [5.41, 5.74) is 6.15. The molecule has 2 rings (SSSR count). The fourth-order valence-electron chi connectivity index (χ4n) is 2.05. The summed E-state index contributed by atoms with van der Waals surface area (Å²) < 4.78 is 5.01. The van der Waals surface area contributed by atoms with Gasteiger partial charge in [0.25, 0.3) is 5.91 Å². The Labute approximate surface area is 165 Å². The van der Waals surface area contributed by atoms with Gasteiger partial charge in [-0.2, -0.15) is 0 Å². The molecule has 0 saturated heterocycles. The number of thiazole rings is 1. The van der Waals surface area contributed by atoms with Gasteiger partial charge in [0.05, 0.1) is 16.7 Å². The second-order valence-corrected chi connectivity index (χ2v) is 6.97. The minimum atomic E-state index is -0.472. The van der Waals surface area contributed by atoms with Crippen molar-refractivity contribution < 1.29 is 14.3 Å². The Balaban J connectivity index is 2.08. The molecule has 2 aromatic rings. The maximum absolute atomic E-state index is 12.6. The number of nitrogens with zero attached hydrogens (tertiary/aromatic N) is 2. The van der Waals surface area contributed by atoms with Gasteiger partial charge in [0, 0.05) is 37.7 Å². The molecule has 10 heteroatoms. The number of amides is 2. The highest BCUT2D eigenvalue weighted by molar-refractivity contribution is 7.14. The molecule has 0 saturated carbocycles. The molecule has 0 radical (unpaired) electrons. The second-order valence-electron chi connectivity index (χ2n) is 5.29. The van der Waals surface area contributed by atoms with Crippen molar-refractivity contribution in [3.63, 3.8) is 0 Å². The van der Waals surface area contributed by atoms with Crippen LogP contribution in [0.25, 0.3) is 0 Å². The Morgan fingerprint density at radius 3 is 2.73 bits per heavy atom. The molecule has 1 aromatic carbocycles. The van der Waals surface area contributed by atoms with Crippen LogP contribution in [0.2, 0.25) is 10.0 Å². The molecule has 1 heterocycles. The summed E-state index contributed by atoms with van der Waals surface area (Å²) in [5.74, 6) is -0.762. The molecule has 1 aromatic heterocycles. The first-order valence-corrected chi connectivity index (χ1v) is 9.28. The average Bonchev–Trinajstić information content (AvgIpc) is 3.06. The summed E-state index contributed by atoms with van der Waals surface area (Å²) in [6, 6.07) is 5.10. The lowest BCUT2D eigenvalue weighted by atomic mass is 10.3. The first-order valence-electron chi connectivity index (χ1n) is 7.65. The Bertz CT molecular complexity index is 785. The Hall–Kier alpha value is -1.87. The number of carbonyl (C=O) groups is 2. The number of benzene rings is 1. The van der Waals surface area contributed by atoms with Crippen molar-refractivity contribution in [2.45, 2.75) is 6.42 Å². The summed E-state index contributed by atoms with van der Waals surface area (Å²) in [6.07, 6.45) is 0.0774. The number of ether oxygens (including phenoxy) is 1. The predicted molar refractivity (Wildman–Crippen MR) is 103 cm³/mol. The Morgan fingerprint density at radius 1 is 1.31 bits per heavy atom. The van der Waals surface area contributed by atoms with Crippen molar-refractivity contribution in [1.29, 1.82) is 0 Å². The number of aromatic nitrogens is 1. The molecular weight excluding hydrogens is 399 g/mol. The predicted octanol–water partition coefficient (Wildman–Crippen LogP) is 3.16. The fraction of sp³-hybridized carbons (Fsp3) is 0.312. The SMILES string of the molecule is COCCN(CCC(N)=O)C(=O)c1csc(Nc2ccc(Cl)c(Cl)c2)n1. The van der Waals surface area contributed by atoms with Crippen LogP contribution in [0.15, 0.2) is 23.6 Å². The molecule has 0 atom stereocenters. The maximum atomic E-state index is 12.6. The van der Waals surface area contributed by atoms with Crippen molar-refractivity contribution >= 4 is 57.2 Å². The van der Waals surface area contributed by atoms with Crippen LogP contribution in [0.4, 0.5) is 10.8 Å². The van der Waals surface area contributed by atoms with Crippen molar-refractivity contribution in [2.24, 2.45) is 5.73 Å². The van der Waals surface area contributed by atoms with Gasteiger partial charge in [-0.1, -0.05) is 23.2 Å². The molecule has 0 aliphatic rings. The number of methoxy groups -OCH3 is 1. The zero-order chi connectivity index (χ0) is 19.1. The number of primary amides is 1. The molecule has 7 nitrogen and oxygen atoms in total. The van der Waals surface area contributed by atoms with Crippen LogP contribution >= 0.6 is 34.5 Å². The van der Waals surface area contributed by atoms with E-state index in [0.717, 1.165) is 0 Å². The van der Waals surface area contributed by atoms with Crippen LogP contribution in [-0.4, -0.2) is 48.5 Å². The lowest BCUT2D eigenvalue weighted by molar-refractivity contribution is -0.118. The van der Waals surface area contributed by atoms with Crippen LogP contribution in [0.1, 0.15) is 16.9 Å². The van der Waals surface area contributed by atoms with Crippen molar-refractivity contribution in [2.75, 3.05) is 32.1 Å². The van der Waals surface area contributed by atoms with Crippen molar-refractivity contribution in [3.8, 4) is 0 Å². The van der Waals surface area contributed by atoms with E-state index in [-0.39, 0.29) is 24.6 Å². The van der Waals surface area contributed by atoms with Gasteiger partial charge in [-0.05, 0) is 18.2 Å². The molecule has 0 aliphatic heterocycles. The molecule has 0 spiro atoms. The summed E-state index contributed by atoms with van der Waals surface area (Å²) in [7, 11) is 1.54. The lowest BCUT2D eigenvalue weighted by Gasteiger charge is -2.20. The van der Waals surface area contributed by atoms with Crippen LogP contribution in [0.5, 0.6) is 0 Å². The van der Waals surface area contributed by atoms with Gasteiger partial charge in [0.2, 0.25) is 5.91 Å². The summed E-state index contributed by atoms with van der Waals surface area (Å²) in [4.78, 5) is 29.4. The van der Waals surface area contributed by atoms with Gasteiger partial charge >= 0.3 is 0 Å². The van der Waals surface area contributed by atoms with E-state index in [4.69, 9.17) is 33.7 Å². The largest absolute Gasteiger partial charge is 0.383 e. The van der Waals surface area contributed by atoms with Gasteiger partial charge in [-0.3, -0.25) is 9.59 Å². The smallest absolute Gasteiger partial charge is 0.273 e. The van der Waals surface area contributed by atoms with E-state index in [1.54, 1.807) is 30.7 Å². The molecule has 0 unspecified atom stereocenters.